The second-order valence-electron chi connectivity index (χ2n) is 5.82. The molecular formula is C16H28O2. The van der Waals surface area contributed by atoms with Gasteiger partial charge in [0.05, 0.1) is 0 Å². The summed E-state index contributed by atoms with van der Waals surface area (Å²) < 4.78 is 0. The van der Waals surface area contributed by atoms with Gasteiger partial charge < -0.3 is 5.11 Å². The van der Waals surface area contributed by atoms with Crippen molar-refractivity contribution in [1.29, 1.82) is 0 Å². The lowest BCUT2D eigenvalue weighted by atomic mass is 9.74. The zero-order valence-corrected chi connectivity index (χ0v) is 12.0. The van der Waals surface area contributed by atoms with E-state index in [-0.39, 0.29) is 5.41 Å². The summed E-state index contributed by atoms with van der Waals surface area (Å²) in [6.45, 7) is 3.94. The van der Waals surface area contributed by atoms with Gasteiger partial charge in [-0.1, -0.05) is 57.9 Å². The van der Waals surface area contributed by atoms with Crippen LogP contribution in [0.25, 0.3) is 0 Å². The summed E-state index contributed by atoms with van der Waals surface area (Å²) in [5.74, 6) is -0.764. The summed E-state index contributed by atoms with van der Waals surface area (Å²) in [5.41, 5.74) is 0.661. The second-order valence-corrected chi connectivity index (χ2v) is 5.82. The van der Waals surface area contributed by atoms with E-state index in [9.17, 15) is 4.79 Å². The normalized spacial score (nSPS) is 22.4. The number of rotatable bonds is 3. The van der Waals surface area contributed by atoms with Gasteiger partial charge in [-0.15, -0.1) is 0 Å². The summed E-state index contributed by atoms with van der Waals surface area (Å²) in [5, 5.41) is 9.08. The first-order chi connectivity index (χ1) is 8.59. The maximum Gasteiger partial charge on any atom is 0.330 e. The Hall–Kier alpha value is -0.790. The highest BCUT2D eigenvalue weighted by Gasteiger charge is 2.26. The number of carboxylic acids is 1. The van der Waals surface area contributed by atoms with Gasteiger partial charge in [0.1, 0.15) is 0 Å². The van der Waals surface area contributed by atoms with E-state index in [1.165, 1.54) is 44.9 Å². The average molecular weight is 252 g/mol. The van der Waals surface area contributed by atoms with Crippen LogP contribution in [0.15, 0.2) is 11.6 Å². The lowest BCUT2D eigenvalue weighted by molar-refractivity contribution is -0.132. The van der Waals surface area contributed by atoms with E-state index in [0.717, 1.165) is 19.3 Å². The third kappa shape index (κ3) is 4.83. The Balaban J connectivity index is 2.78. The van der Waals surface area contributed by atoms with Crippen LogP contribution in [0, 0.1) is 5.41 Å². The fourth-order valence-corrected chi connectivity index (χ4v) is 3.08. The number of hydrogen-bond donors (Lipinski definition) is 1. The van der Waals surface area contributed by atoms with Gasteiger partial charge in [0.15, 0.2) is 0 Å². The summed E-state index contributed by atoms with van der Waals surface area (Å²) >= 11 is 0. The Morgan fingerprint density at radius 2 is 1.50 bits per heavy atom. The van der Waals surface area contributed by atoms with Crippen molar-refractivity contribution in [2.24, 2.45) is 5.41 Å². The molecule has 1 saturated carbocycles. The molecule has 0 aliphatic heterocycles. The average Bonchev–Trinajstić information content (AvgIpc) is 2.36. The summed E-state index contributed by atoms with van der Waals surface area (Å²) in [4.78, 5) is 11.0. The predicted molar refractivity (Wildman–Crippen MR) is 75.7 cm³/mol. The Labute approximate surface area is 111 Å². The van der Waals surface area contributed by atoms with Crippen molar-refractivity contribution in [2.75, 3.05) is 0 Å². The van der Waals surface area contributed by atoms with Gasteiger partial charge in [-0.2, -0.15) is 0 Å². The van der Waals surface area contributed by atoms with Gasteiger partial charge in [-0.25, -0.2) is 4.79 Å². The van der Waals surface area contributed by atoms with Crippen molar-refractivity contribution in [3.8, 4) is 0 Å². The summed E-state index contributed by atoms with van der Waals surface area (Å²) in [7, 11) is 0. The highest BCUT2D eigenvalue weighted by Crippen LogP contribution is 2.38. The van der Waals surface area contributed by atoms with Crippen molar-refractivity contribution >= 4 is 5.97 Å². The summed E-state index contributed by atoms with van der Waals surface area (Å²) in [6.07, 6.45) is 14.6. The lowest BCUT2D eigenvalue weighted by Crippen LogP contribution is -2.19. The first-order valence-electron chi connectivity index (χ1n) is 7.52. The molecule has 1 aliphatic rings. The fraction of sp³-hybridized carbons (Fsp3) is 0.812. The van der Waals surface area contributed by atoms with Crippen molar-refractivity contribution in [3.05, 3.63) is 11.6 Å². The monoisotopic (exact) mass is 252 g/mol. The molecule has 0 saturated heterocycles. The van der Waals surface area contributed by atoms with Crippen LogP contribution in [-0.2, 0) is 4.79 Å². The van der Waals surface area contributed by atoms with Crippen LogP contribution >= 0.6 is 0 Å². The molecular weight excluding hydrogens is 224 g/mol. The molecule has 0 bridgehead atoms. The molecule has 0 aromatic carbocycles. The molecule has 0 atom stereocenters. The predicted octanol–water partition coefficient (Wildman–Crippen LogP) is 4.94. The van der Waals surface area contributed by atoms with Crippen molar-refractivity contribution in [1.82, 2.24) is 0 Å². The SMILES string of the molecule is CCC1(C=C(C)C(=O)O)CCCCCCCCC1. The molecule has 0 spiro atoms. The van der Waals surface area contributed by atoms with Gasteiger partial charge in [0, 0.05) is 5.57 Å². The minimum absolute atomic E-state index is 0.139. The van der Waals surface area contributed by atoms with E-state index >= 15 is 0 Å². The van der Waals surface area contributed by atoms with Gasteiger partial charge in [0.2, 0.25) is 0 Å². The van der Waals surface area contributed by atoms with Crippen LogP contribution in [0.5, 0.6) is 0 Å². The van der Waals surface area contributed by atoms with Gasteiger partial charge in [0.25, 0.3) is 0 Å². The number of aliphatic carboxylic acids is 1. The van der Waals surface area contributed by atoms with Crippen LogP contribution in [0.3, 0.4) is 0 Å². The Morgan fingerprint density at radius 3 is 1.89 bits per heavy atom. The van der Waals surface area contributed by atoms with Crippen LogP contribution < -0.4 is 0 Å². The van der Waals surface area contributed by atoms with E-state index in [4.69, 9.17) is 5.11 Å². The van der Waals surface area contributed by atoms with E-state index in [2.05, 4.69) is 13.0 Å². The highest BCUT2D eigenvalue weighted by molar-refractivity contribution is 5.85. The maximum absolute atomic E-state index is 11.0. The fourth-order valence-electron chi connectivity index (χ4n) is 3.08. The van der Waals surface area contributed by atoms with E-state index < -0.39 is 5.97 Å². The van der Waals surface area contributed by atoms with E-state index in [0.29, 0.717) is 5.57 Å². The maximum atomic E-state index is 11.0. The molecule has 0 amide bonds. The molecule has 2 heteroatoms. The smallest absolute Gasteiger partial charge is 0.330 e. The molecule has 0 aromatic heterocycles. The second kappa shape index (κ2) is 7.60. The van der Waals surface area contributed by atoms with Crippen LogP contribution in [0.2, 0.25) is 0 Å². The molecule has 0 aromatic rings. The molecule has 1 rings (SSSR count). The molecule has 0 radical (unpaired) electrons. The van der Waals surface area contributed by atoms with E-state index in [1.54, 1.807) is 6.92 Å². The lowest BCUT2D eigenvalue weighted by Gasteiger charge is -2.31. The Morgan fingerprint density at radius 1 is 1.06 bits per heavy atom. The first-order valence-corrected chi connectivity index (χ1v) is 7.52. The topological polar surface area (TPSA) is 37.3 Å². The molecule has 18 heavy (non-hydrogen) atoms. The number of allylic oxidation sites excluding steroid dienone is 1. The van der Waals surface area contributed by atoms with Gasteiger partial charge in [-0.05, 0) is 31.6 Å². The zero-order valence-electron chi connectivity index (χ0n) is 12.0. The molecule has 0 unspecified atom stereocenters. The minimum Gasteiger partial charge on any atom is -0.478 e. The third-order valence-corrected chi connectivity index (χ3v) is 4.41. The Kier molecular flexibility index (Phi) is 6.45. The third-order valence-electron chi connectivity index (χ3n) is 4.41. The summed E-state index contributed by atoms with van der Waals surface area (Å²) in [6, 6.07) is 0. The van der Waals surface area contributed by atoms with Gasteiger partial charge in [-0.3, -0.25) is 0 Å². The van der Waals surface area contributed by atoms with Crippen LogP contribution in [0.4, 0.5) is 0 Å². The largest absolute Gasteiger partial charge is 0.478 e. The zero-order chi connectivity index (χ0) is 13.4. The van der Waals surface area contributed by atoms with Gasteiger partial charge >= 0.3 is 5.97 Å². The number of hydrogen-bond acceptors (Lipinski definition) is 1. The molecule has 2 nitrogen and oxygen atoms in total. The van der Waals surface area contributed by atoms with Crippen molar-refractivity contribution in [3.63, 3.8) is 0 Å². The van der Waals surface area contributed by atoms with Crippen LogP contribution in [-0.4, -0.2) is 11.1 Å². The number of carboxylic acid groups (broad SMARTS) is 1. The number of carbonyl (C=O) groups is 1. The van der Waals surface area contributed by atoms with Crippen molar-refractivity contribution < 1.29 is 9.90 Å². The molecule has 104 valence electrons. The van der Waals surface area contributed by atoms with Crippen LogP contribution in [0.1, 0.15) is 78.1 Å². The van der Waals surface area contributed by atoms with E-state index in [1.807, 2.05) is 0 Å². The minimum atomic E-state index is -0.764. The standard InChI is InChI=1S/C16H28O2/c1-3-16(13-14(2)15(17)18)11-9-7-5-4-6-8-10-12-16/h13H,3-12H2,1-2H3,(H,17,18). The Bertz CT molecular complexity index is 281. The molecule has 1 N–H and O–H groups in total. The van der Waals surface area contributed by atoms with Crippen molar-refractivity contribution in [2.45, 2.75) is 78.1 Å². The highest BCUT2D eigenvalue weighted by atomic mass is 16.4. The molecule has 1 aliphatic carbocycles. The quantitative estimate of drug-likeness (QED) is 0.722. The molecule has 1 fully saturated rings. The first kappa shape index (κ1) is 15.3. The molecule has 0 heterocycles.